The second-order valence-electron chi connectivity index (χ2n) is 4.54. The van der Waals surface area contributed by atoms with E-state index in [0.29, 0.717) is 11.8 Å². The molecular formula is C10H10O2. The zero-order chi connectivity index (χ0) is 8.09. The quantitative estimate of drug-likeness (QED) is 0.422. The number of esters is 1. The molecule has 0 aromatic carbocycles. The highest BCUT2D eigenvalue weighted by atomic mass is 16.5. The van der Waals surface area contributed by atoms with Gasteiger partial charge in [0, 0.05) is 0 Å². The highest BCUT2D eigenvalue weighted by Crippen LogP contribution is 2.92. The Hall–Kier alpha value is -0.790. The Bertz CT molecular complexity index is 311. The van der Waals surface area contributed by atoms with Crippen LogP contribution in [-0.4, -0.2) is 13.1 Å². The molecule has 4 rings (SSSR count). The molecule has 2 heteroatoms. The van der Waals surface area contributed by atoms with Gasteiger partial charge in [-0.1, -0.05) is 12.2 Å². The van der Waals surface area contributed by atoms with Crippen molar-refractivity contribution in [2.75, 3.05) is 7.11 Å². The Labute approximate surface area is 70.6 Å². The molecule has 0 heterocycles. The molecule has 62 valence electrons. The molecule has 4 aliphatic carbocycles. The lowest BCUT2D eigenvalue weighted by Crippen LogP contribution is -2.54. The van der Waals surface area contributed by atoms with Crippen LogP contribution in [0.1, 0.15) is 0 Å². The van der Waals surface area contributed by atoms with Gasteiger partial charge in [-0.2, -0.15) is 0 Å². The van der Waals surface area contributed by atoms with Gasteiger partial charge in [0.2, 0.25) is 0 Å². The van der Waals surface area contributed by atoms with E-state index < -0.39 is 0 Å². The molecule has 0 bridgehead atoms. The summed E-state index contributed by atoms with van der Waals surface area (Å²) in [4.78, 5) is 11.6. The molecule has 0 aliphatic heterocycles. The number of hydrogen-bond acceptors (Lipinski definition) is 2. The van der Waals surface area contributed by atoms with Crippen LogP contribution in [0.4, 0.5) is 0 Å². The molecule has 0 aromatic heterocycles. The number of carbonyl (C=O) groups excluding carboxylic acids is 1. The fourth-order valence-electron chi connectivity index (χ4n) is 4.39. The van der Waals surface area contributed by atoms with Crippen LogP contribution in [0.15, 0.2) is 12.2 Å². The van der Waals surface area contributed by atoms with E-state index in [1.807, 2.05) is 0 Å². The van der Waals surface area contributed by atoms with Crippen molar-refractivity contribution in [3.05, 3.63) is 12.2 Å². The molecule has 4 atom stereocenters. The van der Waals surface area contributed by atoms with Crippen molar-refractivity contribution in [1.29, 1.82) is 0 Å². The lowest BCUT2D eigenvalue weighted by molar-refractivity contribution is -0.172. The first-order chi connectivity index (χ1) is 5.83. The molecule has 0 amide bonds. The first-order valence-corrected chi connectivity index (χ1v) is 4.60. The van der Waals surface area contributed by atoms with Crippen molar-refractivity contribution in [2.24, 2.45) is 35.0 Å². The van der Waals surface area contributed by atoms with E-state index in [9.17, 15) is 4.79 Å². The van der Waals surface area contributed by atoms with E-state index in [0.717, 1.165) is 17.8 Å². The zero-order valence-corrected chi connectivity index (χ0v) is 6.86. The summed E-state index contributed by atoms with van der Waals surface area (Å²) < 4.78 is 4.89. The van der Waals surface area contributed by atoms with Crippen LogP contribution in [0, 0.1) is 35.0 Å². The number of allylic oxidation sites excluding steroid dienone is 2. The monoisotopic (exact) mass is 162 g/mol. The molecular weight excluding hydrogens is 152 g/mol. The van der Waals surface area contributed by atoms with Crippen molar-refractivity contribution in [3.8, 4) is 0 Å². The maximum absolute atomic E-state index is 11.6. The molecule has 0 radical (unpaired) electrons. The summed E-state index contributed by atoms with van der Waals surface area (Å²) >= 11 is 0. The van der Waals surface area contributed by atoms with E-state index >= 15 is 0 Å². The minimum Gasteiger partial charge on any atom is -0.469 e. The second-order valence-corrected chi connectivity index (χ2v) is 4.54. The van der Waals surface area contributed by atoms with E-state index in [1.165, 1.54) is 7.11 Å². The standard InChI is InChI=1S/C10H10O2/c1-12-9(11)10-4-2-3-5(10)7-6(4)8(7)10/h2-8H,1H3. The highest BCUT2D eigenvalue weighted by molar-refractivity contribution is 5.86. The lowest BCUT2D eigenvalue weighted by Gasteiger charge is -2.47. The zero-order valence-electron chi connectivity index (χ0n) is 6.86. The average molecular weight is 162 g/mol. The lowest BCUT2D eigenvalue weighted by atomic mass is 9.54. The van der Waals surface area contributed by atoms with Crippen LogP contribution in [0.2, 0.25) is 0 Å². The van der Waals surface area contributed by atoms with E-state index in [4.69, 9.17) is 4.74 Å². The predicted octanol–water partition coefficient (Wildman–Crippen LogP) is 0.837. The van der Waals surface area contributed by atoms with Gasteiger partial charge in [0.1, 0.15) is 0 Å². The van der Waals surface area contributed by atoms with Gasteiger partial charge < -0.3 is 4.74 Å². The van der Waals surface area contributed by atoms with Crippen molar-refractivity contribution < 1.29 is 9.53 Å². The first kappa shape index (κ1) is 5.79. The molecule has 0 aromatic rings. The number of rotatable bonds is 1. The Morgan fingerprint density at radius 3 is 2.42 bits per heavy atom. The van der Waals surface area contributed by atoms with Crippen molar-refractivity contribution in [1.82, 2.24) is 0 Å². The maximum Gasteiger partial charge on any atom is 0.313 e. The van der Waals surface area contributed by atoms with E-state index in [1.54, 1.807) is 0 Å². The third-order valence-corrected chi connectivity index (χ3v) is 4.68. The summed E-state index contributed by atoms with van der Waals surface area (Å²) in [6, 6.07) is 0. The Morgan fingerprint density at radius 1 is 1.33 bits per heavy atom. The molecule has 2 nitrogen and oxygen atoms in total. The largest absolute Gasteiger partial charge is 0.469 e. The van der Waals surface area contributed by atoms with Gasteiger partial charge in [-0.3, -0.25) is 4.79 Å². The topological polar surface area (TPSA) is 26.3 Å². The fraction of sp³-hybridized carbons (Fsp3) is 0.700. The fourth-order valence-corrected chi connectivity index (χ4v) is 4.39. The smallest absolute Gasteiger partial charge is 0.313 e. The third kappa shape index (κ3) is 0.267. The number of carbonyl (C=O) groups is 1. The molecule has 3 fully saturated rings. The summed E-state index contributed by atoms with van der Waals surface area (Å²) in [5.74, 6) is 3.64. The van der Waals surface area contributed by atoms with E-state index in [-0.39, 0.29) is 11.4 Å². The van der Waals surface area contributed by atoms with Gasteiger partial charge >= 0.3 is 5.97 Å². The Morgan fingerprint density at radius 2 is 1.92 bits per heavy atom. The van der Waals surface area contributed by atoms with Crippen LogP contribution in [-0.2, 0) is 9.53 Å². The third-order valence-electron chi connectivity index (χ3n) is 4.68. The summed E-state index contributed by atoms with van der Waals surface area (Å²) in [5, 5.41) is 0. The molecule has 0 spiro atoms. The van der Waals surface area contributed by atoms with Gasteiger partial charge in [0.05, 0.1) is 12.5 Å². The summed E-state index contributed by atoms with van der Waals surface area (Å²) in [6.07, 6.45) is 4.48. The first-order valence-electron chi connectivity index (χ1n) is 4.60. The number of ether oxygens (including phenoxy) is 1. The molecule has 4 unspecified atom stereocenters. The SMILES string of the molecule is COC(=O)C12C3C=CC1C1C3C12. The molecule has 0 N–H and O–H groups in total. The summed E-state index contributed by atoms with van der Waals surface area (Å²) in [5.41, 5.74) is -0.0376. The Balaban J connectivity index is 1.85. The second kappa shape index (κ2) is 1.26. The van der Waals surface area contributed by atoms with Gasteiger partial charge in [-0.15, -0.1) is 0 Å². The minimum atomic E-state index is -0.0376. The molecule has 12 heavy (non-hydrogen) atoms. The molecule has 3 saturated carbocycles. The van der Waals surface area contributed by atoms with Crippen LogP contribution in [0.25, 0.3) is 0 Å². The number of methoxy groups -OCH3 is 1. The van der Waals surface area contributed by atoms with Crippen molar-refractivity contribution in [2.45, 2.75) is 0 Å². The molecule has 0 saturated heterocycles. The predicted molar refractivity (Wildman–Crippen MR) is 41.0 cm³/mol. The highest BCUT2D eigenvalue weighted by Gasteiger charge is 2.94. The summed E-state index contributed by atoms with van der Waals surface area (Å²) in [6.45, 7) is 0. The minimum absolute atomic E-state index is 0.0376. The average Bonchev–Trinajstić information content (AvgIpc) is 2.53. The van der Waals surface area contributed by atoms with E-state index in [2.05, 4.69) is 12.2 Å². The summed E-state index contributed by atoms with van der Waals surface area (Å²) in [7, 11) is 1.51. The van der Waals surface area contributed by atoms with Gasteiger partial charge in [0.15, 0.2) is 0 Å². The van der Waals surface area contributed by atoms with Crippen molar-refractivity contribution in [3.63, 3.8) is 0 Å². The van der Waals surface area contributed by atoms with Crippen LogP contribution < -0.4 is 0 Å². The van der Waals surface area contributed by atoms with Crippen molar-refractivity contribution >= 4 is 5.97 Å². The Kier molecular flexibility index (Phi) is 0.608. The normalized spacial score (nSPS) is 66.2. The van der Waals surface area contributed by atoms with Gasteiger partial charge in [-0.05, 0) is 29.6 Å². The van der Waals surface area contributed by atoms with Crippen LogP contribution >= 0.6 is 0 Å². The number of fused-ring (bicyclic) bond motifs is 3. The molecule has 4 aliphatic rings. The van der Waals surface area contributed by atoms with Crippen LogP contribution in [0.5, 0.6) is 0 Å². The van der Waals surface area contributed by atoms with Gasteiger partial charge in [-0.25, -0.2) is 0 Å². The maximum atomic E-state index is 11.6. The van der Waals surface area contributed by atoms with Crippen LogP contribution in [0.3, 0.4) is 0 Å². The van der Waals surface area contributed by atoms with Gasteiger partial charge in [0.25, 0.3) is 0 Å². The number of hydrogen-bond donors (Lipinski definition) is 0.